The van der Waals surface area contributed by atoms with Gasteiger partial charge in [0.25, 0.3) is 0 Å². The van der Waals surface area contributed by atoms with E-state index < -0.39 is 0 Å². The second-order valence-corrected chi connectivity index (χ2v) is 6.22. The zero-order chi connectivity index (χ0) is 15.4. The lowest BCUT2D eigenvalue weighted by Crippen LogP contribution is -2.38. The number of piperidine rings is 1. The molecule has 114 valence electrons. The monoisotopic (exact) mass is 293 g/mol. The van der Waals surface area contributed by atoms with Gasteiger partial charge in [0.1, 0.15) is 0 Å². The molecule has 2 aromatic rings. The summed E-state index contributed by atoms with van der Waals surface area (Å²) in [6.45, 7) is 4.56. The molecule has 2 nitrogen and oxygen atoms in total. The average Bonchev–Trinajstić information content (AvgIpc) is 2.56. The Morgan fingerprint density at radius 1 is 1.09 bits per heavy atom. The average molecular weight is 293 g/mol. The number of nitrogens with zero attached hydrogens (tertiary/aromatic N) is 1. The number of Topliss-reactive ketones (excluding diaryl/α,β-unsaturated/α-hetero) is 1. The minimum atomic E-state index is 0.242. The largest absolute Gasteiger partial charge is 0.295 e. The summed E-state index contributed by atoms with van der Waals surface area (Å²) in [5, 5.41) is 0. The molecular formula is C20H23NO. The van der Waals surface area contributed by atoms with E-state index in [1.807, 2.05) is 31.2 Å². The van der Waals surface area contributed by atoms with Crippen molar-refractivity contribution in [2.24, 2.45) is 0 Å². The van der Waals surface area contributed by atoms with Gasteiger partial charge in [-0.2, -0.15) is 0 Å². The smallest absolute Gasteiger partial charge is 0.177 e. The van der Waals surface area contributed by atoms with Gasteiger partial charge in [-0.1, -0.05) is 54.6 Å². The SMILES string of the molecule is Cc1ccccc1C(=O)CN1CCCC(c2ccccc2)C1. The first-order valence-electron chi connectivity index (χ1n) is 8.10. The molecule has 0 spiro atoms. The Morgan fingerprint density at radius 3 is 2.59 bits per heavy atom. The first-order chi connectivity index (χ1) is 10.7. The van der Waals surface area contributed by atoms with Gasteiger partial charge in [-0.05, 0) is 43.4 Å². The summed E-state index contributed by atoms with van der Waals surface area (Å²) in [7, 11) is 0. The lowest BCUT2D eigenvalue weighted by atomic mass is 9.90. The Labute approximate surface area is 132 Å². The topological polar surface area (TPSA) is 20.3 Å². The summed E-state index contributed by atoms with van der Waals surface area (Å²) in [5.41, 5.74) is 3.34. The van der Waals surface area contributed by atoms with Crippen LogP contribution in [0, 0.1) is 6.92 Å². The van der Waals surface area contributed by atoms with Crippen molar-refractivity contribution >= 4 is 5.78 Å². The number of hydrogen-bond donors (Lipinski definition) is 0. The number of carbonyl (C=O) groups is 1. The molecule has 0 aliphatic carbocycles. The van der Waals surface area contributed by atoms with Crippen molar-refractivity contribution in [1.82, 2.24) is 4.90 Å². The van der Waals surface area contributed by atoms with Crippen LogP contribution >= 0.6 is 0 Å². The minimum Gasteiger partial charge on any atom is -0.295 e. The molecule has 2 aromatic carbocycles. The van der Waals surface area contributed by atoms with Gasteiger partial charge in [-0.3, -0.25) is 9.69 Å². The Bertz CT molecular complexity index is 635. The molecule has 0 amide bonds. The highest BCUT2D eigenvalue weighted by atomic mass is 16.1. The number of rotatable bonds is 4. The highest BCUT2D eigenvalue weighted by molar-refractivity contribution is 5.98. The molecule has 1 saturated heterocycles. The second kappa shape index (κ2) is 6.89. The summed E-state index contributed by atoms with van der Waals surface area (Å²) < 4.78 is 0. The summed E-state index contributed by atoms with van der Waals surface area (Å²) in [4.78, 5) is 14.9. The number of aryl methyl sites for hydroxylation is 1. The molecule has 1 fully saturated rings. The van der Waals surface area contributed by atoms with E-state index in [0.29, 0.717) is 12.5 Å². The maximum atomic E-state index is 12.5. The highest BCUT2D eigenvalue weighted by Crippen LogP contribution is 2.26. The van der Waals surface area contributed by atoms with Crippen LogP contribution < -0.4 is 0 Å². The summed E-state index contributed by atoms with van der Waals surface area (Å²) in [5.74, 6) is 0.798. The van der Waals surface area contributed by atoms with Crippen LogP contribution in [0.25, 0.3) is 0 Å². The third-order valence-electron chi connectivity index (χ3n) is 4.59. The summed E-state index contributed by atoms with van der Waals surface area (Å²) >= 11 is 0. The van der Waals surface area contributed by atoms with E-state index in [0.717, 1.165) is 24.2 Å². The van der Waals surface area contributed by atoms with Crippen LogP contribution in [0.5, 0.6) is 0 Å². The van der Waals surface area contributed by atoms with Crippen molar-refractivity contribution in [3.05, 3.63) is 71.3 Å². The van der Waals surface area contributed by atoms with Gasteiger partial charge in [0, 0.05) is 12.1 Å². The summed E-state index contributed by atoms with van der Waals surface area (Å²) in [6, 6.07) is 18.6. The van der Waals surface area contributed by atoms with Crippen LogP contribution in [0.4, 0.5) is 0 Å². The van der Waals surface area contributed by atoms with Crippen molar-refractivity contribution < 1.29 is 4.79 Å². The molecule has 3 rings (SSSR count). The Balaban J connectivity index is 1.66. The molecule has 1 heterocycles. The van der Waals surface area contributed by atoms with Crippen LogP contribution in [0.15, 0.2) is 54.6 Å². The van der Waals surface area contributed by atoms with Crippen molar-refractivity contribution in [3.63, 3.8) is 0 Å². The number of ketones is 1. The van der Waals surface area contributed by atoms with Crippen LogP contribution in [0.2, 0.25) is 0 Å². The lowest BCUT2D eigenvalue weighted by Gasteiger charge is -2.32. The van der Waals surface area contributed by atoms with Crippen LogP contribution in [0.3, 0.4) is 0 Å². The third kappa shape index (κ3) is 3.45. The molecule has 1 atom stereocenters. The quantitative estimate of drug-likeness (QED) is 0.792. The highest BCUT2D eigenvalue weighted by Gasteiger charge is 2.23. The van der Waals surface area contributed by atoms with E-state index >= 15 is 0 Å². The van der Waals surface area contributed by atoms with Gasteiger partial charge in [0.05, 0.1) is 6.54 Å². The minimum absolute atomic E-state index is 0.242. The van der Waals surface area contributed by atoms with Crippen LogP contribution in [-0.4, -0.2) is 30.3 Å². The predicted octanol–water partition coefficient (Wildman–Crippen LogP) is 4.06. The lowest BCUT2D eigenvalue weighted by molar-refractivity contribution is 0.0906. The predicted molar refractivity (Wildman–Crippen MR) is 90.4 cm³/mol. The second-order valence-electron chi connectivity index (χ2n) is 6.22. The molecule has 0 N–H and O–H groups in total. The van der Waals surface area contributed by atoms with E-state index in [1.165, 1.54) is 18.4 Å². The molecule has 2 heteroatoms. The van der Waals surface area contributed by atoms with E-state index in [-0.39, 0.29) is 5.78 Å². The maximum Gasteiger partial charge on any atom is 0.177 e. The number of likely N-dealkylation sites (tertiary alicyclic amines) is 1. The zero-order valence-electron chi connectivity index (χ0n) is 13.2. The Morgan fingerprint density at radius 2 is 1.82 bits per heavy atom. The van der Waals surface area contributed by atoms with Crippen molar-refractivity contribution in [2.75, 3.05) is 19.6 Å². The molecule has 1 aliphatic heterocycles. The van der Waals surface area contributed by atoms with Crippen molar-refractivity contribution in [3.8, 4) is 0 Å². The molecular weight excluding hydrogens is 270 g/mol. The fraction of sp³-hybridized carbons (Fsp3) is 0.350. The van der Waals surface area contributed by atoms with E-state index in [1.54, 1.807) is 0 Å². The molecule has 0 bridgehead atoms. The Kier molecular flexibility index (Phi) is 4.69. The molecule has 0 aromatic heterocycles. The fourth-order valence-electron chi connectivity index (χ4n) is 3.37. The fourth-order valence-corrected chi connectivity index (χ4v) is 3.37. The van der Waals surface area contributed by atoms with Crippen molar-refractivity contribution in [1.29, 1.82) is 0 Å². The molecule has 0 radical (unpaired) electrons. The van der Waals surface area contributed by atoms with Crippen LogP contribution in [0.1, 0.15) is 40.2 Å². The normalized spacial score (nSPS) is 19.0. The molecule has 22 heavy (non-hydrogen) atoms. The van der Waals surface area contributed by atoms with Gasteiger partial charge in [-0.25, -0.2) is 0 Å². The molecule has 0 saturated carbocycles. The van der Waals surface area contributed by atoms with Crippen molar-refractivity contribution in [2.45, 2.75) is 25.7 Å². The number of benzene rings is 2. The third-order valence-corrected chi connectivity index (χ3v) is 4.59. The van der Waals surface area contributed by atoms with E-state index in [4.69, 9.17) is 0 Å². The van der Waals surface area contributed by atoms with Gasteiger partial charge in [0.15, 0.2) is 5.78 Å². The Hall–Kier alpha value is -1.93. The van der Waals surface area contributed by atoms with Gasteiger partial charge in [-0.15, -0.1) is 0 Å². The standard InChI is InChI=1S/C20H23NO/c1-16-8-5-6-12-19(16)20(22)15-21-13-7-11-18(14-21)17-9-3-2-4-10-17/h2-6,8-10,12,18H,7,11,13-15H2,1H3. The number of carbonyl (C=O) groups excluding carboxylic acids is 1. The zero-order valence-corrected chi connectivity index (χ0v) is 13.2. The maximum absolute atomic E-state index is 12.5. The first kappa shape index (κ1) is 15.0. The van der Waals surface area contributed by atoms with E-state index in [9.17, 15) is 4.79 Å². The van der Waals surface area contributed by atoms with Gasteiger partial charge in [0.2, 0.25) is 0 Å². The first-order valence-corrected chi connectivity index (χ1v) is 8.10. The van der Waals surface area contributed by atoms with E-state index in [2.05, 4.69) is 35.2 Å². The van der Waals surface area contributed by atoms with Gasteiger partial charge >= 0.3 is 0 Å². The van der Waals surface area contributed by atoms with Crippen LogP contribution in [-0.2, 0) is 0 Å². The van der Waals surface area contributed by atoms with Gasteiger partial charge < -0.3 is 0 Å². The molecule has 1 aliphatic rings. The number of hydrogen-bond acceptors (Lipinski definition) is 2. The summed E-state index contributed by atoms with van der Waals surface area (Å²) in [6.07, 6.45) is 2.39. The molecule has 1 unspecified atom stereocenters.